The first-order valence-corrected chi connectivity index (χ1v) is 11.2. The summed E-state index contributed by atoms with van der Waals surface area (Å²) >= 11 is 0. The molecule has 1 saturated heterocycles. The highest BCUT2D eigenvalue weighted by Crippen LogP contribution is 2.26. The maximum atomic E-state index is 12.5. The molecule has 0 spiro atoms. The minimum Gasteiger partial charge on any atom is -0.449 e. The number of rotatable bonds is 5. The molecule has 1 aromatic heterocycles. The molecule has 0 amide bonds. The molecule has 0 N–H and O–H groups in total. The number of ether oxygens (including phenoxy) is 1. The minimum atomic E-state index is -3.26. The smallest absolute Gasteiger partial charge is 0.338 e. The second kappa shape index (κ2) is 7.91. The second-order valence-corrected chi connectivity index (χ2v) is 9.16. The van der Waals surface area contributed by atoms with Crippen LogP contribution in [0.4, 0.5) is 5.69 Å². The van der Waals surface area contributed by atoms with Gasteiger partial charge in [-0.2, -0.15) is 0 Å². The summed E-state index contributed by atoms with van der Waals surface area (Å²) in [5, 5.41) is 7.99. The zero-order chi connectivity index (χ0) is 21.3. The van der Waals surface area contributed by atoms with Gasteiger partial charge in [-0.1, -0.05) is 17.7 Å². The number of esters is 1. The number of hydrogen-bond acceptors (Lipinski definition) is 7. The Balaban J connectivity index is 1.43. The first-order chi connectivity index (χ1) is 14.3. The lowest BCUT2D eigenvalue weighted by Crippen LogP contribution is -2.25. The van der Waals surface area contributed by atoms with E-state index in [9.17, 15) is 13.2 Å². The summed E-state index contributed by atoms with van der Waals surface area (Å²) < 4.78 is 36.5. The molecule has 0 radical (unpaired) electrons. The van der Waals surface area contributed by atoms with Gasteiger partial charge in [0.05, 0.1) is 17.0 Å². The molecule has 2 aromatic carbocycles. The Kier molecular flexibility index (Phi) is 5.29. The van der Waals surface area contributed by atoms with Crippen LogP contribution < -0.4 is 4.31 Å². The van der Waals surface area contributed by atoms with Gasteiger partial charge in [0.15, 0.2) is 6.10 Å². The van der Waals surface area contributed by atoms with Gasteiger partial charge in [-0.05, 0) is 56.7 Å². The number of anilines is 1. The highest BCUT2D eigenvalue weighted by Gasteiger charge is 2.28. The molecule has 1 atom stereocenters. The van der Waals surface area contributed by atoms with Gasteiger partial charge in [0, 0.05) is 12.1 Å². The Morgan fingerprint density at radius 2 is 1.80 bits per heavy atom. The predicted molar refractivity (Wildman–Crippen MR) is 110 cm³/mol. The molecule has 9 heteroatoms. The molecule has 1 fully saturated rings. The lowest BCUT2D eigenvalue weighted by atomic mass is 10.1. The number of nitrogens with zero attached hydrogens (tertiary/aromatic N) is 3. The number of benzene rings is 2. The van der Waals surface area contributed by atoms with E-state index in [0.717, 1.165) is 11.1 Å². The van der Waals surface area contributed by atoms with Crippen LogP contribution in [0.1, 0.15) is 41.3 Å². The summed E-state index contributed by atoms with van der Waals surface area (Å²) in [7, 11) is -3.26. The van der Waals surface area contributed by atoms with E-state index in [1.165, 1.54) is 4.31 Å². The predicted octanol–water partition coefficient (Wildman–Crippen LogP) is 3.50. The van der Waals surface area contributed by atoms with Gasteiger partial charge >= 0.3 is 5.97 Å². The molecule has 0 aliphatic carbocycles. The van der Waals surface area contributed by atoms with Crippen molar-refractivity contribution in [3.8, 4) is 11.5 Å². The molecular formula is C21H21N3O5S. The topological polar surface area (TPSA) is 103 Å². The number of carbonyl (C=O) groups is 1. The van der Waals surface area contributed by atoms with Gasteiger partial charge in [-0.15, -0.1) is 10.2 Å². The normalized spacial score (nSPS) is 16.4. The van der Waals surface area contributed by atoms with Crippen LogP contribution in [0.2, 0.25) is 0 Å². The van der Waals surface area contributed by atoms with Crippen molar-refractivity contribution in [1.29, 1.82) is 0 Å². The van der Waals surface area contributed by atoms with Crippen molar-refractivity contribution in [1.82, 2.24) is 10.2 Å². The van der Waals surface area contributed by atoms with E-state index in [2.05, 4.69) is 10.2 Å². The number of carbonyl (C=O) groups excluding carboxylic acids is 1. The van der Waals surface area contributed by atoms with E-state index < -0.39 is 22.1 Å². The van der Waals surface area contributed by atoms with Crippen molar-refractivity contribution in [2.75, 3.05) is 16.6 Å². The fraction of sp³-hybridized carbons (Fsp3) is 0.286. The molecule has 1 aliphatic rings. The Hall–Kier alpha value is -3.20. The number of aryl methyl sites for hydroxylation is 1. The van der Waals surface area contributed by atoms with Crippen molar-refractivity contribution >= 4 is 21.7 Å². The van der Waals surface area contributed by atoms with Crippen LogP contribution in [0.3, 0.4) is 0 Å². The van der Waals surface area contributed by atoms with E-state index in [1.54, 1.807) is 31.2 Å². The van der Waals surface area contributed by atoms with Gasteiger partial charge in [0.1, 0.15) is 0 Å². The fourth-order valence-corrected chi connectivity index (χ4v) is 4.75. The summed E-state index contributed by atoms with van der Waals surface area (Å²) in [6, 6.07) is 13.9. The molecule has 156 valence electrons. The van der Waals surface area contributed by atoms with Crippen LogP contribution in [-0.2, 0) is 14.8 Å². The quantitative estimate of drug-likeness (QED) is 0.574. The van der Waals surface area contributed by atoms with Crippen LogP contribution in [0.5, 0.6) is 0 Å². The fourth-order valence-electron chi connectivity index (χ4n) is 3.18. The lowest BCUT2D eigenvalue weighted by Gasteiger charge is -2.17. The van der Waals surface area contributed by atoms with Crippen LogP contribution in [0.15, 0.2) is 52.9 Å². The number of sulfonamides is 1. The molecule has 3 aromatic rings. The third-order valence-corrected chi connectivity index (χ3v) is 6.73. The average Bonchev–Trinajstić information content (AvgIpc) is 3.35. The standard InChI is InChI=1S/C21H21N3O5S/c1-14-4-6-16(7-5-14)20-23-22-19(29-20)15(2)28-21(25)17-8-10-18(11-9-17)24-12-3-13-30(24,26)27/h4-11,15H,3,12-13H2,1-2H3. The third kappa shape index (κ3) is 4.06. The van der Waals surface area contributed by atoms with Gasteiger partial charge in [0.2, 0.25) is 15.9 Å². The van der Waals surface area contributed by atoms with Gasteiger partial charge in [0.25, 0.3) is 5.89 Å². The van der Waals surface area contributed by atoms with Crippen molar-refractivity contribution in [3.63, 3.8) is 0 Å². The van der Waals surface area contributed by atoms with Crippen molar-refractivity contribution in [3.05, 3.63) is 65.5 Å². The van der Waals surface area contributed by atoms with Crippen molar-refractivity contribution < 1.29 is 22.4 Å². The van der Waals surface area contributed by atoms with Crippen LogP contribution in [0.25, 0.3) is 11.5 Å². The number of hydrogen-bond donors (Lipinski definition) is 0. The van der Waals surface area contributed by atoms with Crippen LogP contribution in [0, 0.1) is 6.92 Å². The summed E-state index contributed by atoms with van der Waals surface area (Å²) in [6.07, 6.45) is -0.138. The Labute approximate surface area is 174 Å². The largest absolute Gasteiger partial charge is 0.449 e. The highest BCUT2D eigenvalue weighted by atomic mass is 32.2. The first kappa shape index (κ1) is 20.1. The van der Waals surface area contributed by atoms with E-state index >= 15 is 0 Å². The third-order valence-electron chi connectivity index (χ3n) is 4.86. The van der Waals surface area contributed by atoms with Crippen molar-refractivity contribution in [2.45, 2.75) is 26.4 Å². The van der Waals surface area contributed by atoms with E-state index in [-0.39, 0.29) is 11.6 Å². The van der Waals surface area contributed by atoms with Gasteiger partial charge in [-0.3, -0.25) is 4.31 Å². The molecular weight excluding hydrogens is 406 g/mol. The minimum absolute atomic E-state index is 0.142. The lowest BCUT2D eigenvalue weighted by molar-refractivity contribution is 0.0280. The zero-order valence-electron chi connectivity index (χ0n) is 16.6. The molecule has 4 rings (SSSR count). The summed E-state index contributed by atoms with van der Waals surface area (Å²) in [5.74, 6) is 0.125. The molecule has 1 aliphatic heterocycles. The maximum Gasteiger partial charge on any atom is 0.338 e. The summed E-state index contributed by atoms with van der Waals surface area (Å²) in [6.45, 7) is 4.08. The Morgan fingerprint density at radius 1 is 1.10 bits per heavy atom. The monoisotopic (exact) mass is 427 g/mol. The van der Waals surface area contributed by atoms with E-state index in [4.69, 9.17) is 9.15 Å². The van der Waals surface area contributed by atoms with Crippen molar-refractivity contribution in [2.24, 2.45) is 0 Å². The average molecular weight is 427 g/mol. The molecule has 0 saturated carbocycles. The molecule has 1 unspecified atom stereocenters. The summed E-state index contributed by atoms with van der Waals surface area (Å²) in [4.78, 5) is 12.5. The second-order valence-electron chi connectivity index (χ2n) is 7.15. The van der Waals surface area contributed by atoms with Gasteiger partial charge in [-0.25, -0.2) is 13.2 Å². The highest BCUT2D eigenvalue weighted by molar-refractivity contribution is 7.93. The van der Waals surface area contributed by atoms with Gasteiger partial charge < -0.3 is 9.15 Å². The molecule has 8 nitrogen and oxygen atoms in total. The SMILES string of the molecule is Cc1ccc(-c2nnc(C(C)OC(=O)c3ccc(N4CCCS4(=O)=O)cc3)o2)cc1. The van der Waals surface area contributed by atoms with Crippen LogP contribution >= 0.6 is 0 Å². The Morgan fingerprint density at radius 3 is 2.43 bits per heavy atom. The Bertz CT molecular complexity index is 1150. The zero-order valence-corrected chi connectivity index (χ0v) is 17.4. The van der Waals surface area contributed by atoms with E-state index in [1.807, 2.05) is 31.2 Å². The first-order valence-electron chi connectivity index (χ1n) is 9.55. The molecule has 2 heterocycles. The number of aromatic nitrogens is 2. The summed E-state index contributed by atoms with van der Waals surface area (Å²) in [5.41, 5.74) is 2.75. The van der Waals surface area contributed by atoms with Crippen LogP contribution in [-0.4, -0.2) is 36.9 Å². The molecule has 0 bridgehead atoms. The van der Waals surface area contributed by atoms with E-state index in [0.29, 0.717) is 30.1 Å². The molecule has 30 heavy (non-hydrogen) atoms. The maximum absolute atomic E-state index is 12.5.